The van der Waals surface area contributed by atoms with Crippen molar-refractivity contribution in [1.29, 1.82) is 0 Å². The summed E-state index contributed by atoms with van der Waals surface area (Å²) in [6.07, 6.45) is 0. The summed E-state index contributed by atoms with van der Waals surface area (Å²) in [6.45, 7) is 5.67. The molecule has 0 amide bonds. The van der Waals surface area contributed by atoms with Crippen LogP contribution in [0, 0.1) is 0 Å². The van der Waals surface area contributed by atoms with E-state index in [-0.39, 0.29) is 5.48 Å². The van der Waals surface area contributed by atoms with Gasteiger partial charge in [-0.2, -0.15) is 0 Å². The largest absolute Gasteiger partial charge is 0.412 e. The fourth-order valence-electron chi connectivity index (χ4n) is 0.204. The van der Waals surface area contributed by atoms with Crippen LogP contribution in [0.15, 0.2) is 0 Å². The van der Waals surface area contributed by atoms with Gasteiger partial charge in [0, 0.05) is 13.2 Å². The zero-order chi connectivity index (χ0) is 6.12. The Labute approximate surface area is 50.1 Å². The van der Waals surface area contributed by atoms with Crippen LogP contribution in [0.2, 0.25) is 0 Å². The summed E-state index contributed by atoms with van der Waals surface area (Å²) in [6, 6.07) is 0. The fraction of sp³-hybridized carbons (Fsp3) is 1.00. The molecule has 54 valence electrons. The third kappa shape index (κ3) is 40.4. The summed E-state index contributed by atoms with van der Waals surface area (Å²) < 4.78 is 4.83. The lowest BCUT2D eigenvalue weighted by Gasteiger charge is -1.86. The van der Waals surface area contributed by atoms with Crippen LogP contribution < -0.4 is 11.7 Å². The van der Waals surface area contributed by atoms with Crippen LogP contribution in [0.5, 0.6) is 0 Å². The van der Waals surface area contributed by atoms with Crippen molar-refractivity contribution in [1.82, 2.24) is 0 Å². The first-order valence-electron chi connectivity index (χ1n) is 2.32. The van der Waals surface area contributed by atoms with Crippen LogP contribution in [0.25, 0.3) is 0 Å². The third-order valence-corrected chi connectivity index (χ3v) is 0.408. The van der Waals surface area contributed by atoms with E-state index in [9.17, 15) is 0 Å². The van der Waals surface area contributed by atoms with E-state index in [1.807, 2.05) is 13.8 Å². The van der Waals surface area contributed by atoms with Gasteiger partial charge in [-0.15, -0.1) is 0 Å². The molecule has 0 aliphatic heterocycles. The molecule has 0 aromatic heterocycles. The zero-order valence-electron chi connectivity index (χ0n) is 5.48. The molecule has 4 heteroatoms. The zero-order valence-corrected chi connectivity index (χ0v) is 5.48. The molecule has 0 atom stereocenters. The Balaban J connectivity index is -0.0000000750. The Morgan fingerprint density at radius 3 is 1.38 bits per heavy atom. The number of hydrogen-bond donors (Lipinski definition) is 2. The minimum absolute atomic E-state index is 0. The number of nitrogens with two attached hydrogens (primary N) is 2. The van der Waals surface area contributed by atoms with Crippen LogP contribution in [0.4, 0.5) is 0 Å². The van der Waals surface area contributed by atoms with Crippen molar-refractivity contribution in [2.75, 3.05) is 13.2 Å². The molecule has 6 N–H and O–H groups in total. The molecular formula is C4H16N2O2. The molecule has 0 aromatic carbocycles. The topological polar surface area (TPSA) is 92.8 Å². The maximum atomic E-state index is 4.83. The second-order valence-corrected chi connectivity index (χ2v) is 0.781. The summed E-state index contributed by atoms with van der Waals surface area (Å²) in [5.41, 5.74) is 0. The summed E-state index contributed by atoms with van der Waals surface area (Å²) in [4.78, 5) is 0. The lowest BCUT2D eigenvalue weighted by Crippen LogP contribution is -2.02. The molecule has 0 spiro atoms. The maximum absolute atomic E-state index is 4.83. The second kappa shape index (κ2) is 28.9. The van der Waals surface area contributed by atoms with Crippen LogP contribution in [-0.4, -0.2) is 18.7 Å². The summed E-state index contributed by atoms with van der Waals surface area (Å²) in [7, 11) is 0. The molecular weight excluding hydrogens is 108 g/mol. The lowest BCUT2D eigenvalue weighted by atomic mass is 10.8. The molecule has 0 saturated carbocycles. The van der Waals surface area contributed by atoms with Crippen molar-refractivity contribution in [3.05, 3.63) is 0 Å². The molecule has 0 radical (unpaired) electrons. The highest BCUT2D eigenvalue weighted by atomic mass is 16.5. The van der Waals surface area contributed by atoms with E-state index in [1.165, 1.54) is 0 Å². The van der Waals surface area contributed by atoms with Gasteiger partial charge in [0.25, 0.3) is 0 Å². The minimum Gasteiger partial charge on any atom is -0.412 e. The number of hydrazine groups is 1. The molecule has 0 aliphatic carbocycles. The van der Waals surface area contributed by atoms with Crippen molar-refractivity contribution < 1.29 is 10.2 Å². The standard InChI is InChI=1S/C4H10O.H4N2.H2O/c1-3-5-4-2;1-2;/h3-4H2,1-2H3;1-2H2;1H2. The van der Waals surface area contributed by atoms with E-state index < -0.39 is 0 Å². The Morgan fingerprint density at radius 1 is 1.12 bits per heavy atom. The van der Waals surface area contributed by atoms with Crippen molar-refractivity contribution in [2.45, 2.75) is 13.8 Å². The van der Waals surface area contributed by atoms with Gasteiger partial charge in [-0.05, 0) is 13.8 Å². The maximum Gasteiger partial charge on any atom is 0.0437 e. The van der Waals surface area contributed by atoms with Crippen molar-refractivity contribution in [3.63, 3.8) is 0 Å². The van der Waals surface area contributed by atoms with E-state index in [1.54, 1.807) is 0 Å². The predicted molar refractivity (Wildman–Crippen MR) is 34.2 cm³/mol. The van der Waals surface area contributed by atoms with E-state index >= 15 is 0 Å². The molecule has 4 nitrogen and oxygen atoms in total. The molecule has 0 unspecified atom stereocenters. The van der Waals surface area contributed by atoms with E-state index in [0.29, 0.717) is 0 Å². The van der Waals surface area contributed by atoms with Crippen molar-refractivity contribution in [3.8, 4) is 0 Å². The first-order chi connectivity index (χ1) is 3.41. The van der Waals surface area contributed by atoms with Crippen LogP contribution in [0.1, 0.15) is 13.8 Å². The summed E-state index contributed by atoms with van der Waals surface area (Å²) in [5.74, 6) is 8.00. The Hall–Kier alpha value is -0.160. The smallest absolute Gasteiger partial charge is 0.0437 e. The van der Waals surface area contributed by atoms with Gasteiger partial charge in [0.15, 0.2) is 0 Å². The molecule has 0 aromatic rings. The Bertz CT molecular complexity index is 19.5. The van der Waals surface area contributed by atoms with Gasteiger partial charge in [0.05, 0.1) is 0 Å². The quantitative estimate of drug-likeness (QED) is 0.366. The normalized spacial score (nSPS) is 6.00. The Morgan fingerprint density at radius 2 is 1.38 bits per heavy atom. The van der Waals surface area contributed by atoms with Gasteiger partial charge in [-0.25, -0.2) is 0 Å². The molecule has 0 rings (SSSR count). The predicted octanol–water partition coefficient (Wildman–Crippen LogP) is -0.963. The number of hydrogen-bond acceptors (Lipinski definition) is 3. The average molecular weight is 124 g/mol. The fourth-order valence-corrected chi connectivity index (χ4v) is 0.204. The van der Waals surface area contributed by atoms with Crippen molar-refractivity contribution >= 4 is 0 Å². The van der Waals surface area contributed by atoms with Crippen LogP contribution >= 0.6 is 0 Å². The summed E-state index contributed by atoms with van der Waals surface area (Å²) >= 11 is 0. The van der Waals surface area contributed by atoms with E-state index in [4.69, 9.17) is 4.74 Å². The first kappa shape index (κ1) is 15.7. The monoisotopic (exact) mass is 124 g/mol. The summed E-state index contributed by atoms with van der Waals surface area (Å²) in [5, 5.41) is 0. The SMILES string of the molecule is CCOCC.NN.O. The van der Waals surface area contributed by atoms with E-state index in [0.717, 1.165) is 13.2 Å². The molecule has 0 heterocycles. The highest BCUT2D eigenvalue weighted by Gasteiger charge is 1.64. The van der Waals surface area contributed by atoms with Gasteiger partial charge >= 0.3 is 0 Å². The van der Waals surface area contributed by atoms with Gasteiger partial charge in [0.1, 0.15) is 0 Å². The van der Waals surface area contributed by atoms with Gasteiger partial charge < -0.3 is 10.2 Å². The van der Waals surface area contributed by atoms with E-state index in [2.05, 4.69) is 11.7 Å². The molecule has 8 heavy (non-hydrogen) atoms. The molecule has 0 saturated heterocycles. The highest BCUT2D eigenvalue weighted by Crippen LogP contribution is 1.64. The van der Waals surface area contributed by atoms with Gasteiger partial charge in [-0.3, -0.25) is 11.7 Å². The first-order valence-corrected chi connectivity index (χ1v) is 2.32. The average Bonchev–Trinajstić information content (AvgIpc) is 1.75. The Kier molecular flexibility index (Phi) is 56.6. The van der Waals surface area contributed by atoms with Gasteiger partial charge in [0.2, 0.25) is 0 Å². The minimum atomic E-state index is 0. The molecule has 0 fully saturated rings. The molecule has 0 bridgehead atoms. The number of rotatable bonds is 2. The lowest BCUT2D eigenvalue weighted by molar-refractivity contribution is 0.162. The molecule has 0 aliphatic rings. The van der Waals surface area contributed by atoms with Gasteiger partial charge in [-0.1, -0.05) is 0 Å². The van der Waals surface area contributed by atoms with Crippen molar-refractivity contribution in [2.24, 2.45) is 11.7 Å². The highest BCUT2D eigenvalue weighted by molar-refractivity contribution is 4.07. The van der Waals surface area contributed by atoms with Crippen LogP contribution in [0.3, 0.4) is 0 Å². The van der Waals surface area contributed by atoms with Crippen LogP contribution in [-0.2, 0) is 4.74 Å². The second-order valence-electron chi connectivity index (χ2n) is 0.781. The number of ether oxygens (including phenoxy) is 1. The third-order valence-electron chi connectivity index (χ3n) is 0.408.